The molecule has 2 rings (SSSR count). The van der Waals surface area contributed by atoms with Crippen LogP contribution < -0.4 is 48.7 Å². The number of primary amides is 1. The van der Waals surface area contributed by atoms with Crippen molar-refractivity contribution in [2.75, 3.05) is 60.1 Å². The summed E-state index contributed by atoms with van der Waals surface area (Å²) in [6.07, 6.45) is -4.49. The molecule has 31 nitrogen and oxygen atoms in total. The number of aliphatic hydroxyl groups is 1. The first-order valence-electron chi connectivity index (χ1n) is 27.5. The number of aliphatic hydroxyl groups excluding tert-OH is 1. The lowest BCUT2D eigenvalue weighted by molar-refractivity contribution is -0.872. The van der Waals surface area contributed by atoms with Gasteiger partial charge in [-0.05, 0) is 76.9 Å². The monoisotopic (exact) mass is 1380 g/mol. The van der Waals surface area contributed by atoms with E-state index in [1.165, 1.54) is 14.0 Å². The standard InChI is InChI=1S/C54H86N10O14S.C2H3N.6CH4.6H2O/c1-30(2)36(54(77)78)25-45(68)40-16-17-48(71)59-20-18-49(72)58-19-10-9-11-39(46(69)26-37(32(4)65)52(75)61-40)60-51(74)35(28-64(6,7)8)23-43(66)41(21-33-14-12-31(3)13-15-33)62-50(73)34(24-47(56)70)22-44(67)42(27-57-5)63-53(76)38(55)29-79;1-2-3;;;;;;;;;;;;/h12-15,30,32,34-42,57,65H,9-11,16-29,55H2,1-8H3,(H9-,56,58,59,60,61,62,63,70,71,72,73,74,75,76,77,78,79);3H,1H2;6*1H4;6*1H2/p+1/t32-,34+,35+,36?,37?,38+,39+,40+,41+,42+;;;;;;;;;;;;;/m1............./s1. The maximum absolute atomic E-state index is 14.7. The summed E-state index contributed by atoms with van der Waals surface area (Å²) in [6.45, 7) is 9.34. The first-order chi connectivity index (χ1) is 38.4. The molecule has 32 heteroatoms. The van der Waals surface area contributed by atoms with E-state index in [0.29, 0.717) is 12.0 Å². The van der Waals surface area contributed by atoms with Crippen LogP contribution in [0.25, 0.3) is 0 Å². The number of carboxylic acids is 1. The zero-order valence-corrected chi connectivity index (χ0v) is 52.6. The quantitative estimate of drug-likeness (QED) is 0.0253. The Kier molecular flexibility index (Phi) is 71.4. The van der Waals surface area contributed by atoms with E-state index in [4.69, 9.17) is 16.9 Å². The molecule has 0 spiro atoms. The smallest absolute Gasteiger partial charge is 0.307 e. The van der Waals surface area contributed by atoms with E-state index < -0.39 is 163 Å². The molecule has 0 aliphatic carbocycles. The number of thiol groups is 1. The van der Waals surface area contributed by atoms with Crippen LogP contribution in [-0.2, 0) is 64.0 Å². The van der Waals surface area contributed by atoms with Crippen molar-refractivity contribution in [1.29, 1.82) is 5.41 Å². The van der Waals surface area contributed by atoms with Gasteiger partial charge in [-0.3, -0.25) is 62.9 Å². The second kappa shape index (κ2) is 58.6. The molecule has 2 unspecified atom stereocenters. The van der Waals surface area contributed by atoms with Gasteiger partial charge in [0.1, 0.15) is 0 Å². The molecule has 7 amide bonds. The van der Waals surface area contributed by atoms with Crippen LogP contribution in [-0.4, -0.2) is 220 Å². The first kappa shape index (κ1) is 114. The van der Waals surface area contributed by atoms with Gasteiger partial charge < -0.3 is 96.2 Å². The number of nitrogens with one attached hydrogen (secondary N) is 8. The summed E-state index contributed by atoms with van der Waals surface area (Å²) in [7, 11) is 6.86. The van der Waals surface area contributed by atoms with Crippen molar-refractivity contribution >= 4 is 89.0 Å². The molecule has 0 saturated carbocycles. The molecule has 0 radical (unpaired) electrons. The van der Waals surface area contributed by atoms with Crippen LogP contribution in [0, 0.1) is 41.9 Å². The molecule has 1 aromatic carbocycles. The number of aliphatic carboxylic acids is 1. The molecule has 94 heavy (non-hydrogen) atoms. The van der Waals surface area contributed by atoms with Crippen molar-refractivity contribution in [2.45, 2.75) is 186 Å². The molecule has 1 saturated heterocycles. The SMILES string of the molecule is C.C.C.C.C.C.C=C=N.CNC[C@H](NC(=O)[C@@H](N)CS)C(=O)C[C@@H](CC(N)=O)C(=O)N[C@@H](Cc1ccc(C)cc1)C(=O)C[C@@H](C[N+](C)(C)C)C(=O)N[C@H]1CCCCNC(=O)CCNC(=O)CC[C@@H](C(=O)CC(C(=O)O)C(C)C)NC(=O)C([C@@H](C)O)CC1=O.O.O.O.O.O.O. The van der Waals surface area contributed by atoms with Crippen LogP contribution in [0.5, 0.6) is 0 Å². The molecule has 1 heterocycles. The lowest BCUT2D eigenvalue weighted by Crippen LogP contribution is -2.53. The highest BCUT2D eigenvalue weighted by molar-refractivity contribution is 7.80. The average Bonchev–Trinajstić information content (AvgIpc) is 1.13. The molecular weight excluding hydrogens is 1250 g/mol. The first-order valence-corrected chi connectivity index (χ1v) is 28.1. The number of hydrogen-bond acceptors (Lipinski definition) is 17. The third-order valence-corrected chi connectivity index (χ3v) is 14.0. The van der Waals surface area contributed by atoms with Gasteiger partial charge in [0.15, 0.2) is 23.1 Å². The van der Waals surface area contributed by atoms with Gasteiger partial charge in [-0.25, -0.2) is 0 Å². The average molecular weight is 1380 g/mol. The molecule has 26 N–H and O–H groups in total. The van der Waals surface area contributed by atoms with Gasteiger partial charge in [0.05, 0.1) is 87.7 Å². The summed E-state index contributed by atoms with van der Waals surface area (Å²) >= 11 is 4.04. The van der Waals surface area contributed by atoms with Gasteiger partial charge in [0, 0.05) is 70.3 Å². The Morgan fingerprint density at radius 2 is 1.24 bits per heavy atom. The van der Waals surface area contributed by atoms with Crippen molar-refractivity contribution in [3.8, 4) is 0 Å². The summed E-state index contributed by atoms with van der Waals surface area (Å²) in [6, 6.07) is 0.834. The molecule has 10 atom stereocenters. The topological polar surface area (TPSA) is 594 Å². The van der Waals surface area contributed by atoms with E-state index in [2.05, 4.69) is 56.4 Å². The minimum atomic E-state index is -1.49. The Labute approximate surface area is 563 Å². The lowest BCUT2D eigenvalue weighted by atomic mass is 9.87. The zero-order valence-electron chi connectivity index (χ0n) is 51.7. The van der Waals surface area contributed by atoms with Crippen molar-refractivity contribution in [1.82, 2.24) is 37.2 Å². The van der Waals surface area contributed by atoms with Crippen molar-refractivity contribution < 1.29 is 105 Å². The highest BCUT2D eigenvalue weighted by atomic mass is 32.1. The highest BCUT2D eigenvalue weighted by Gasteiger charge is 2.38. The number of aryl methyl sites for hydroxylation is 1. The van der Waals surface area contributed by atoms with E-state index in [-0.39, 0.29) is 158 Å². The van der Waals surface area contributed by atoms with Crippen LogP contribution in [0.3, 0.4) is 0 Å². The Morgan fingerprint density at radius 3 is 1.72 bits per heavy atom. The van der Waals surface area contributed by atoms with Gasteiger partial charge in [0.25, 0.3) is 0 Å². The lowest BCUT2D eigenvalue weighted by Gasteiger charge is -2.31. The number of carbonyl (C=O) groups is 12. The second-order valence-electron chi connectivity index (χ2n) is 22.2. The van der Waals surface area contributed by atoms with Gasteiger partial charge in [-0.1, -0.05) is 88.2 Å². The minimum absolute atomic E-state index is 0. The molecule has 0 bridgehead atoms. The number of carbonyl (C=O) groups excluding carboxylic acids is 11. The summed E-state index contributed by atoms with van der Waals surface area (Å²) in [4.78, 5) is 162. The predicted molar refractivity (Wildman–Crippen MR) is 371 cm³/mol. The van der Waals surface area contributed by atoms with E-state index >= 15 is 0 Å². The van der Waals surface area contributed by atoms with E-state index in [1.807, 2.05) is 6.92 Å². The molecule has 0 aromatic heterocycles. The number of hydrogen-bond donors (Lipinski definition) is 13. The van der Waals surface area contributed by atoms with Crippen molar-refractivity contribution in [3.63, 3.8) is 0 Å². The molecule has 1 fully saturated rings. The van der Waals surface area contributed by atoms with Crippen LogP contribution in [0.4, 0.5) is 0 Å². The summed E-state index contributed by atoms with van der Waals surface area (Å²) in [5.74, 6) is -12.9. The molecule has 1 aliphatic heterocycles. The normalized spacial score (nSPS) is 17.0. The fourth-order valence-electron chi connectivity index (χ4n) is 8.95. The van der Waals surface area contributed by atoms with E-state index in [1.54, 1.807) is 65.1 Å². The number of Topliss-reactive ketones (excluding diaryl/α,β-unsaturated/α-hetero) is 4. The zero-order chi connectivity index (χ0) is 62.4. The predicted octanol–water partition coefficient (Wildman–Crippen LogP) is -2.17. The van der Waals surface area contributed by atoms with Gasteiger partial charge in [-0.15, -0.1) is 0 Å². The molecule has 1 aromatic rings. The maximum Gasteiger partial charge on any atom is 0.307 e. The van der Waals surface area contributed by atoms with Gasteiger partial charge in [0.2, 0.25) is 41.4 Å². The number of amides is 7. The summed E-state index contributed by atoms with van der Waals surface area (Å²) in [5.41, 5.74) is 12.9. The number of nitrogens with two attached hydrogens (primary N) is 2. The molecule has 1 aliphatic rings. The third-order valence-electron chi connectivity index (χ3n) is 13.6. The van der Waals surface area contributed by atoms with Gasteiger partial charge in [-0.2, -0.15) is 12.6 Å². The number of nitrogens with zero attached hydrogens (tertiary/aromatic N) is 1. The summed E-state index contributed by atoms with van der Waals surface area (Å²) < 4.78 is 0.139. The second-order valence-corrected chi connectivity index (χ2v) is 22.6. The maximum atomic E-state index is 14.7. The number of rotatable bonds is 27. The Balaban J connectivity index is -0.000000439. The van der Waals surface area contributed by atoms with Crippen molar-refractivity contribution in [3.05, 3.63) is 42.0 Å². The largest absolute Gasteiger partial charge is 0.481 e. The highest BCUT2D eigenvalue weighted by Crippen LogP contribution is 2.22. The molecular formula is C62H126N11O20S+. The van der Waals surface area contributed by atoms with Crippen molar-refractivity contribution in [2.24, 2.45) is 41.1 Å². The number of quaternary nitrogens is 1. The number of ketones is 4. The number of benzene rings is 1. The van der Waals surface area contributed by atoms with E-state index in [0.717, 1.165) is 5.56 Å². The fourth-order valence-corrected chi connectivity index (χ4v) is 9.12. The van der Waals surface area contributed by atoms with Crippen LogP contribution in [0.15, 0.2) is 30.8 Å². The van der Waals surface area contributed by atoms with Crippen LogP contribution in [0.2, 0.25) is 0 Å². The van der Waals surface area contributed by atoms with Gasteiger partial charge >= 0.3 is 5.97 Å². The summed E-state index contributed by atoms with van der Waals surface area (Å²) in [5, 5.41) is 45.4. The molecule has 554 valence electrons. The Bertz CT molecular complexity index is 2410. The third kappa shape index (κ3) is 44.6. The Hall–Kier alpha value is -6.94. The number of carboxylic acid groups (broad SMARTS) is 1. The van der Waals surface area contributed by atoms with Crippen LogP contribution >= 0.6 is 12.6 Å². The fraction of sp³-hybridized carbons (Fsp3) is 0.677. The minimum Gasteiger partial charge on any atom is -0.481 e. The Morgan fingerprint density at radius 1 is 0.745 bits per heavy atom. The van der Waals surface area contributed by atoms with Crippen LogP contribution in [0.1, 0.15) is 147 Å². The van der Waals surface area contributed by atoms with E-state index in [9.17, 15) is 67.7 Å². The number of likely N-dealkylation sites (N-methyl/N-ethyl adjacent to an activating group) is 1.